The smallest absolute Gasteiger partial charge is 0.267 e. The summed E-state index contributed by atoms with van der Waals surface area (Å²) in [6.45, 7) is 7.56. The molecule has 0 aliphatic rings. The maximum absolute atomic E-state index is 12.3. The second-order valence-corrected chi connectivity index (χ2v) is 6.77. The highest BCUT2D eigenvalue weighted by molar-refractivity contribution is 5.62. The fourth-order valence-electron chi connectivity index (χ4n) is 2.40. The fourth-order valence-corrected chi connectivity index (χ4v) is 2.40. The molecule has 0 saturated carbocycles. The Morgan fingerprint density at radius 3 is 2.48 bits per heavy atom. The van der Waals surface area contributed by atoms with Crippen LogP contribution >= 0.6 is 0 Å². The number of benzene rings is 1. The lowest BCUT2D eigenvalue weighted by molar-refractivity contribution is 0.349. The highest BCUT2D eigenvalue weighted by atomic mass is 16.5. The third-order valence-electron chi connectivity index (χ3n) is 3.84. The molecule has 0 saturated heterocycles. The van der Waals surface area contributed by atoms with Gasteiger partial charge in [0.2, 0.25) is 5.89 Å². The predicted octanol–water partition coefficient (Wildman–Crippen LogP) is 2.15. The molecular formula is C18H21N5O2. The molecule has 7 heteroatoms. The molecule has 3 rings (SSSR count). The van der Waals surface area contributed by atoms with Gasteiger partial charge in [0.1, 0.15) is 6.54 Å². The average Bonchev–Trinajstić information content (AvgIpc) is 3.00. The van der Waals surface area contributed by atoms with E-state index in [4.69, 9.17) is 10.3 Å². The Labute approximate surface area is 145 Å². The second kappa shape index (κ2) is 6.25. The maximum Gasteiger partial charge on any atom is 0.267 e. The van der Waals surface area contributed by atoms with Crippen molar-refractivity contribution in [2.45, 2.75) is 39.8 Å². The molecular weight excluding hydrogens is 318 g/mol. The van der Waals surface area contributed by atoms with Crippen LogP contribution in [0.1, 0.15) is 36.7 Å². The van der Waals surface area contributed by atoms with Crippen molar-refractivity contribution in [3.8, 4) is 11.3 Å². The molecule has 0 aliphatic carbocycles. The second-order valence-electron chi connectivity index (χ2n) is 6.77. The van der Waals surface area contributed by atoms with E-state index in [9.17, 15) is 4.79 Å². The zero-order valence-corrected chi connectivity index (χ0v) is 14.8. The molecule has 0 spiro atoms. The molecule has 2 aromatic heterocycles. The Bertz CT molecular complexity index is 949. The van der Waals surface area contributed by atoms with Crippen LogP contribution in [0.5, 0.6) is 0 Å². The Balaban J connectivity index is 1.97. The maximum atomic E-state index is 12.3. The average molecular weight is 339 g/mol. The summed E-state index contributed by atoms with van der Waals surface area (Å²) in [6.07, 6.45) is 0. The molecule has 7 nitrogen and oxygen atoms in total. The van der Waals surface area contributed by atoms with Gasteiger partial charge in [-0.15, -0.1) is 0 Å². The Hall–Kier alpha value is -2.80. The van der Waals surface area contributed by atoms with Gasteiger partial charge in [-0.3, -0.25) is 4.79 Å². The van der Waals surface area contributed by atoms with Gasteiger partial charge >= 0.3 is 0 Å². The number of rotatable bonds is 4. The predicted molar refractivity (Wildman–Crippen MR) is 94.0 cm³/mol. The Morgan fingerprint density at radius 1 is 1.20 bits per heavy atom. The van der Waals surface area contributed by atoms with Crippen LogP contribution in [0.4, 0.5) is 0 Å². The lowest BCUT2D eigenvalue weighted by Gasteiger charge is -2.11. The standard InChI is InChI=1S/C18H21N5O2/c1-11-5-7-13(8-6-11)16-12(2)9-15(24)23(21-16)10-14-20-17(22-25-14)18(3,4)19/h5-9H,10,19H2,1-4H3. The third kappa shape index (κ3) is 3.66. The van der Waals surface area contributed by atoms with Gasteiger partial charge in [-0.1, -0.05) is 35.0 Å². The van der Waals surface area contributed by atoms with Gasteiger partial charge in [0.05, 0.1) is 11.2 Å². The van der Waals surface area contributed by atoms with Crippen LogP contribution < -0.4 is 11.3 Å². The first-order chi connectivity index (χ1) is 11.7. The van der Waals surface area contributed by atoms with Crippen molar-refractivity contribution < 1.29 is 4.52 Å². The number of hydrogen-bond donors (Lipinski definition) is 1. The van der Waals surface area contributed by atoms with E-state index in [0.29, 0.717) is 11.7 Å². The SMILES string of the molecule is Cc1ccc(-c2nn(Cc3nc(C(C)(C)N)no3)c(=O)cc2C)cc1. The molecule has 25 heavy (non-hydrogen) atoms. The number of aromatic nitrogens is 4. The molecule has 130 valence electrons. The van der Waals surface area contributed by atoms with E-state index in [1.165, 1.54) is 4.68 Å². The van der Waals surface area contributed by atoms with Crippen molar-refractivity contribution in [2.75, 3.05) is 0 Å². The van der Waals surface area contributed by atoms with Crippen LogP contribution in [0.3, 0.4) is 0 Å². The zero-order chi connectivity index (χ0) is 18.2. The summed E-state index contributed by atoms with van der Waals surface area (Å²) >= 11 is 0. The van der Waals surface area contributed by atoms with Crippen LogP contribution in [0.2, 0.25) is 0 Å². The minimum absolute atomic E-state index is 0.0983. The number of nitrogens with two attached hydrogens (primary N) is 1. The lowest BCUT2D eigenvalue weighted by Crippen LogP contribution is -2.30. The summed E-state index contributed by atoms with van der Waals surface area (Å²) in [5.74, 6) is 0.684. The molecule has 0 fully saturated rings. The van der Waals surface area contributed by atoms with E-state index in [1.54, 1.807) is 19.9 Å². The first-order valence-corrected chi connectivity index (χ1v) is 8.02. The first-order valence-electron chi connectivity index (χ1n) is 8.02. The highest BCUT2D eigenvalue weighted by Crippen LogP contribution is 2.20. The van der Waals surface area contributed by atoms with Gasteiger partial charge in [0, 0.05) is 11.6 Å². The van der Waals surface area contributed by atoms with Gasteiger partial charge in [-0.25, -0.2) is 4.68 Å². The fraction of sp³-hybridized carbons (Fsp3) is 0.333. The van der Waals surface area contributed by atoms with Gasteiger partial charge in [-0.2, -0.15) is 10.1 Å². The molecule has 3 aromatic rings. The van der Waals surface area contributed by atoms with Crippen LogP contribution in [-0.4, -0.2) is 19.9 Å². The molecule has 2 heterocycles. The number of nitrogens with zero attached hydrogens (tertiary/aromatic N) is 4. The zero-order valence-electron chi connectivity index (χ0n) is 14.8. The van der Waals surface area contributed by atoms with Crippen molar-refractivity contribution in [3.05, 3.63) is 63.5 Å². The van der Waals surface area contributed by atoms with Crippen molar-refractivity contribution in [1.82, 2.24) is 19.9 Å². The number of hydrogen-bond acceptors (Lipinski definition) is 6. The van der Waals surface area contributed by atoms with Gasteiger partial charge in [-0.05, 0) is 33.3 Å². The highest BCUT2D eigenvalue weighted by Gasteiger charge is 2.22. The lowest BCUT2D eigenvalue weighted by atomic mass is 10.1. The summed E-state index contributed by atoms with van der Waals surface area (Å²) < 4.78 is 6.52. The molecule has 2 N–H and O–H groups in total. The Morgan fingerprint density at radius 2 is 1.88 bits per heavy atom. The molecule has 0 bridgehead atoms. The van der Waals surface area contributed by atoms with E-state index in [2.05, 4.69) is 15.2 Å². The summed E-state index contributed by atoms with van der Waals surface area (Å²) in [5, 5.41) is 8.35. The van der Waals surface area contributed by atoms with Crippen LogP contribution in [0.25, 0.3) is 11.3 Å². The molecule has 1 aromatic carbocycles. The quantitative estimate of drug-likeness (QED) is 0.782. The Kier molecular flexibility index (Phi) is 4.26. The largest absolute Gasteiger partial charge is 0.337 e. The molecule has 0 radical (unpaired) electrons. The minimum Gasteiger partial charge on any atom is -0.337 e. The van der Waals surface area contributed by atoms with Crippen molar-refractivity contribution in [2.24, 2.45) is 5.73 Å². The van der Waals surface area contributed by atoms with E-state index >= 15 is 0 Å². The van der Waals surface area contributed by atoms with E-state index in [0.717, 1.165) is 22.4 Å². The monoisotopic (exact) mass is 339 g/mol. The normalized spacial score (nSPS) is 11.7. The minimum atomic E-state index is -0.708. The van der Waals surface area contributed by atoms with Crippen LogP contribution in [0.15, 0.2) is 39.6 Å². The van der Waals surface area contributed by atoms with Gasteiger partial charge in [0.25, 0.3) is 5.56 Å². The summed E-state index contributed by atoms with van der Waals surface area (Å²) in [5.41, 5.74) is 8.71. The van der Waals surface area contributed by atoms with E-state index in [-0.39, 0.29) is 12.1 Å². The summed E-state index contributed by atoms with van der Waals surface area (Å²) in [4.78, 5) is 16.5. The van der Waals surface area contributed by atoms with Crippen molar-refractivity contribution in [1.29, 1.82) is 0 Å². The van der Waals surface area contributed by atoms with Crippen LogP contribution in [-0.2, 0) is 12.1 Å². The van der Waals surface area contributed by atoms with E-state index < -0.39 is 5.54 Å². The van der Waals surface area contributed by atoms with E-state index in [1.807, 2.05) is 38.1 Å². The van der Waals surface area contributed by atoms with Gasteiger partial charge < -0.3 is 10.3 Å². The summed E-state index contributed by atoms with van der Waals surface area (Å²) in [6, 6.07) is 9.56. The number of aryl methyl sites for hydroxylation is 2. The van der Waals surface area contributed by atoms with Crippen LogP contribution in [0, 0.1) is 13.8 Å². The topological polar surface area (TPSA) is 99.8 Å². The molecule has 0 amide bonds. The van der Waals surface area contributed by atoms with Crippen molar-refractivity contribution in [3.63, 3.8) is 0 Å². The van der Waals surface area contributed by atoms with Crippen molar-refractivity contribution >= 4 is 0 Å². The molecule has 0 aliphatic heterocycles. The first kappa shape index (κ1) is 17.0. The third-order valence-corrected chi connectivity index (χ3v) is 3.84. The van der Waals surface area contributed by atoms with Gasteiger partial charge in [0.15, 0.2) is 5.82 Å². The molecule has 0 atom stereocenters. The molecule has 0 unspecified atom stereocenters. The summed E-state index contributed by atoms with van der Waals surface area (Å²) in [7, 11) is 0.